The van der Waals surface area contributed by atoms with Gasteiger partial charge in [0.15, 0.2) is 0 Å². The highest BCUT2D eigenvalue weighted by Gasteiger charge is 2.13. The summed E-state index contributed by atoms with van der Waals surface area (Å²) in [5, 5.41) is 11.6. The van der Waals surface area contributed by atoms with Crippen LogP contribution in [0.5, 0.6) is 0 Å². The Labute approximate surface area is 106 Å². The molecule has 5 heteroatoms. The first kappa shape index (κ1) is 14.2. The first-order valence-corrected chi connectivity index (χ1v) is 6.08. The highest BCUT2D eigenvalue weighted by atomic mass is 16.4. The molecule has 0 saturated carbocycles. The summed E-state index contributed by atoms with van der Waals surface area (Å²) in [5.41, 5.74) is 0.321. The van der Waals surface area contributed by atoms with E-state index in [-0.39, 0.29) is 23.2 Å². The second-order valence-corrected chi connectivity index (χ2v) is 4.10. The van der Waals surface area contributed by atoms with Gasteiger partial charge in [-0.25, -0.2) is 4.79 Å². The number of nitrogens with zero attached hydrogens (tertiary/aromatic N) is 1. The van der Waals surface area contributed by atoms with Crippen molar-refractivity contribution in [1.29, 1.82) is 0 Å². The average molecular weight is 250 g/mol. The van der Waals surface area contributed by atoms with Gasteiger partial charge in [0.05, 0.1) is 5.56 Å². The third kappa shape index (κ3) is 3.84. The molecule has 18 heavy (non-hydrogen) atoms. The lowest BCUT2D eigenvalue weighted by molar-refractivity contribution is 0.0695. The second kappa shape index (κ2) is 6.74. The molecule has 0 radical (unpaired) electrons. The summed E-state index contributed by atoms with van der Waals surface area (Å²) >= 11 is 0. The van der Waals surface area contributed by atoms with Gasteiger partial charge < -0.3 is 10.4 Å². The van der Waals surface area contributed by atoms with Gasteiger partial charge in [-0.3, -0.25) is 9.78 Å². The summed E-state index contributed by atoms with van der Waals surface area (Å²) in [6, 6.07) is 2.95. The molecule has 0 aliphatic carbocycles. The molecule has 0 aromatic carbocycles. The smallest absolute Gasteiger partial charge is 0.337 e. The van der Waals surface area contributed by atoms with E-state index in [1.807, 2.05) is 6.92 Å². The maximum absolute atomic E-state index is 11.8. The largest absolute Gasteiger partial charge is 0.478 e. The Bertz CT molecular complexity index is 415. The van der Waals surface area contributed by atoms with Crippen LogP contribution in [0.4, 0.5) is 0 Å². The molecule has 0 saturated heterocycles. The molecule has 0 bridgehead atoms. The van der Waals surface area contributed by atoms with Crippen LogP contribution in [0.25, 0.3) is 0 Å². The predicted octanol–water partition coefficient (Wildman–Crippen LogP) is 2.09. The Kier molecular flexibility index (Phi) is 5.30. The van der Waals surface area contributed by atoms with Crippen LogP contribution >= 0.6 is 0 Å². The Morgan fingerprint density at radius 1 is 1.39 bits per heavy atom. The summed E-state index contributed by atoms with van der Waals surface area (Å²) in [7, 11) is 0. The molecule has 1 heterocycles. The van der Waals surface area contributed by atoms with Crippen molar-refractivity contribution in [2.75, 3.05) is 0 Å². The maximum Gasteiger partial charge on any atom is 0.337 e. The highest BCUT2D eigenvalue weighted by Crippen LogP contribution is 2.04. The summed E-state index contributed by atoms with van der Waals surface area (Å²) in [6.45, 7) is 4.08. The van der Waals surface area contributed by atoms with Crippen molar-refractivity contribution in [3.8, 4) is 0 Å². The van der Waals surface area contributed by atoms with Gasteiger partial charge in [-0.15, -0.1) is 0 Å². The van der Waals surface area contributed by atoms with Gasteiger partial charge >= 0.3 is 5.97 Å². The zero-order chi connectivity index (χ0) is 13.5. The van der Waals surface area contributed by atoms with Crippen LogP contribution in [-0.4, -0.2) is 28.0 Å². The molecule has 1 unspecified atom stereocenters. The zero-order valence-corrected chi connectivity index (χ0v) is 10.6. The normalized spacial score (nSPS) is 11.9. The van der Waals surface area contributed by atoms with Gasteiger partial charge in [0.25, 0.3) is 5.91 Å². The van der Waals surface area contributed by atoms with E-state index in [9.17, 15) is 9.59 Å². The predicted molar refractivity (Wildman–Crippen MR) is 67.6 cm³/mol. The van der Waals surface area contributed by atoms with Gasteiger partial charge in [-0.1, -0.05) is 20.3 Å². The van der Waals surface area contributed by atoms with E-state index in [0.29, 0.717) is 0 Å². The molecule has 0 aliphatic heterocycles. The Balaban J connectivity index is 2.69. The third-order valence-electron chi connectivity index (χ3n) is 2.71. The molecule has 5 nitrogen and oxygen atoms in total. The van der Waals surface area contributed by atoms with Gasteiger partial charge in [-0.2, -0.15) is 0 Å². The number of carboxylic acid groups (broad SMARTS) is 1. The summed E-state index contributed by atoms with van der Waals surface area (Å²) in [5.74, 6) is -1.31. The number of nitrogens with one attached hydrogen (secondary N) is 1. The number of aromatic carboxylic acids is 1. The second-order valence-electron chi connectivity index (χ2n) is 4.10. The van der Waals surface area contributed by atoms with E-state index in [4.69, 9.17) is 5.11 Å². The van der Waals surface area contributed by atoms with Crippen LogP contribution in [0, 0.1) is 0 Å². The number of carbonyl (C=O) groups excluding carboxylic acids is 1. The first-order chi connectivity index (χ1) is 8.58. The molecule has 0 fully saturated rings. The maximum atomic E-state index is 11.8. The van der Waals surface area contributed by atoms with E-state index in [2.05, 4.69) is 17.2 Å². The van der Waals surface area contributed by atoms with Crippen LogP contribution in [0.2, 0.25) is 0 Å². The fourth-order valence-electron chi connectivity index (χ4n) is 1.64. The molecule has 98 valence electrons. The Morgan fingerprint density at radius 3 is 2.56 bits per heavy atom. The lowest BCUT2D eigenvalue weighted by Crippen LogP contribution is -2.34. The van der Waals surface area contributed by atoms with E-state index in [1.54, 1.807) is 0 Å². The number of pyridine rings is 1. The summed E-state index contributed by atoms with van der Waals surface area (Å²) in [4.78, 5) is 26.4. The third-order valence-corrected chi connectivity index (χ3v) is 2.71. The Morgan fingerprint density at radius 2 is 2.11 bits per heavy atom. The summed E-state index contributed by atoms with van der Waals surface area (Å²) in [6.07, 6.45) is 3.99. The van der Waals surface area contributed by atoms with E-state index >= 15 is 0 Å². The lowest BCUT2D eigenvalue weighted by atomic mass is 10.1. The number of hydrogen-bond acceptors (Lipinski definition) is 3. The van der Waals surface area contributed by atoms with E-state index in [0.717, 1.165) is 19.3 Å². The van der Waals surface area contributed by atoms with E-state index < -0.39 is 5.97 Å². The van der Waals surface area contributed by atoms with Crippen molar-refractivity contribution in [2.45, 2.75) is 39.2 Å². The number of amides is 1. The van der Waals surface area contributed by atoms with Crippen LogP contribution in [-0.2, 0) is 0 Å². The monoisotopic (exact) mass is 250 g/mol. The van der Waals surface area contributed by atoms with Gasteiger partial charge in [0, 0.05) is 12.2 Å². The molecule has 1 amide bonds. The average Bonchev–Trinajstić information content (AvgIpc) is 2.38. The Hall–Kier alpha value is -1.91. The van der Waals surface area contributed by atoms with Crippen LogP contribution in [0.1, 0.15) is 54.0 Å². The molecule has 1 atom stereocenters. The van der Waals surface area contributed by atoms with Crippen LogP contribution in [0.15, 0.2) is 18.3 Å². The number of aromatic nitrogens is 1. The number of rotatable bonds is 6. The standard InChI is InChI=1S/C13H18N2O3/c1-3-5-10(4-2)15-12(16)11-7-6-9(8-14-11)13(17)18/h6-8,10H,3-5H2,1-2H3,(H,15,16)(H,17,18). The SMILES string of the molecule is CCCC(CC)NC(=O)c1ccc(C(=O)O)cn1. The van der Waals surface area contributed by atoms with Crippen molar-refractivity contribution in [3.05, 3.63) is 29.6 Å². The zero-order valence-electron chi connectivity index (χ0n) is 10.6. The molecule has 0 spiro atoms. The minimum atomic E-state index is -1.05. The number of hydrogen-bond donors (Lipinski definition) is 2. The molecule has 1 aromatic rings. The highest BCUT2D eigenvalue weighted by molar-refractivity contribution is 5.93. The van der Waals surface area contributed by atoms with Crippen molar-refractivity contribution < 1.29 is 14.7 Å². The minimum Gasteiger partial charge on any atom is -0.478 e. The van der Waals surface area contributed by atoms with Crippen LogP contribution in [0.3, 0.4) is 0 Å². The molecule has 0 aliphatic rings. The van der Waals surface area contributed by atoms with Crippen molar-refractivity contribution >= 4 is 11.9 Å². The summed E-state index contributed by atoms with van der Waals surface area (Å²) < 4.78 is 0. The lowest BCUT2D eigenvalue weighted by Gasteiger charge is -2.15. The van der Waals surface area contributed by atoms with Gasteiger partial charge in [-0.05, 0) is 25.0 Å². The molecule has 1 rings (SSSR count). The van der Waals surface area contributed by atoms with Gasteiger partial charge in [0.1, 0.15) is 5.69 Å². The molecular formula is C13H18N2O3. The number of carboxylic acids is 1. The fourth-order valence-corrected chi connectivity index (χ4v) is 1.64. The number of carbonyl (C=O) groups is 2. The fraction of sp³-hybridized carbons (Fsp3) is 0.462. The minimum absolute atomic E-state index is 0.0761. The van der Waals surface area contributed by atoms with Crippen molar-refractivity contribution in [2.24, 2.45) is 0 Å². The van der Waals surface area contributed by atoms with Crippen molar-refractivity contribution in [1.82, 2.24) is 10.3 Å². The van der Waals surface area contributed by atoms with Crippen LogP contribution < -0.4 is 5.32 Å². The van der Waals surface area contributed by atoms with Crippen molar-refractivity contribution in [3.63, 3.8) is 0 Å². The molecular weight excluding hydrogens is 232 g/mol. The van der Waals surface area contributed by atoms with E-state index in [1.165, 1.54) is 18.3 Å². The first-order valence-electron chi connectivity index (χ1n) is 6.08. The topological polar surface area (TPSA) is 79.3 Å². The molecule has 1 aromatic heterocycles. The quantitative estimate of drug-likeness (QED) is 0.810. The van der Waals surface area contributed by atoms with Gasteiger partial charge in [0.2, 0.25) is 0 Å². The molecule has 2 N–H and O–H groups in total.